The molecule has 3 aromatic rings. The molecule has 148 valence electrons. The van der Waals surface area contributed by atoms with Gasteiger partial charge in [-0.25, -0.2) is 0 Å². The van der Waals surface area contributed by atoms with E-state index in [0.29, 0.717) is 6.61 Å². The lowest BCUT2D eigenvalue weighted by Crippen LogP contribution is -2.38. The molecule has 0 aliphatic heterocycles. The molecule has 2 heteroatoms. The summed E-state index contributed by atoms with van der Waals surface area (Å²) >= 11 is 0. The van der Waals surface area contributed by atoms with E-state index in [0.717, 1.165) is 19.4 Å². The van der Waals surface area contributed by atoms with Crippen molar-refractivity contribution in [2.75, 3.05) is 27.3 Å². The van der Waals surface area contributed by atoms with Gasteiger partial charge in [0.05, 0.1) is 12.0 Å². The van der Waals surface area contributed by atoms with Crippen LogP contribution in [-0.2, 0) is 23.0 Å². The van der Waals surface area contributed by atoms with Crippen LogP contribution in [0, 0.1) is 0 Å². The molecule has 3 aromatic carbocycles. The van der Waals surface area contributed by atoms with Crippen molar-refractivity contribution in [1.82, 2.24) is 5.32 Å². The summed E-state index contributed by atoms with van der Waals surface area (Å²) < 4.78 is 5.71. The molecule has 0 aromatic heterocycles. The predicted octanol–water partition coefficient (Wildman–Crippen LogP) is 5.02. The number of likely N-dealkylation sites (N-methyl/N-ethyl adjacent to an activating group) is 1. The van der Waals surface area contributed by atoms with E-state index < -0.39 is 0 Å². The van der Waals surface area contributed by atoms with Gasteiger partial charge in [-0.15, -0.1) is 0 Å². The fourth-order valence-electron chi connectivity index (χ4n) is 4.69. The third-order valence-electron chi connectivity index (χ3n) is 5.83. The Bertz CT molecular complexity index is 970. The molecule has 0 spiro atoms. The summed E-state index contributed by atoms with van der Waals surface area (Å²) in [6.07, 6.45) is 4.34. The van der Waals surface area contributed by atoms with Crippen molar-refractivity contribution in [3.63, 3.8) is 0 Å². The number of methoxy groups -OCH3 is 1. The first-order chi connectivity index (χ1) is 14.3. The van der Waals surface area contributed by atoms with E-state index in [4.69, 9.17) is 4.74 Å². The Morgan fingerprint density at radius 2 is 1.45 bits per heavy atom. The predicted molar refractivity (Wildman–Crippen MR) is 121 cm³/mol. The molecule has 1 atom stereocenters. The van der Waals surface area contributed by atoms with Gasteiger partial charge in [-0.2, -0.15) is 0 Å². The molecule has 0 amide bonds. The van der Waals surface area contributed by atoms with Crippen LogP contribution in [0.2, 0.25) is 0 Å². The summed E-state index contributed by atoms with van der Waals surface area (Å²) in [5.41, 5.74) is 8.15. The smallest absolute Gasteiger partial charge is 0.0606 e. The molecule has 1 N–H and O–H groups in total. The van der Waals surface area contributed by atoms with Gasteiger partial charge in [0, 0.05) is 13.7 Å². The Morgan fingerprint density at radius 1 is 0.793 bits per heavy atom. The first-order valence-electron chi connectivity index (χ1n) is 10.3. The van der Waals surface area contributed by atoms with Crippen molar-refractivity contribution in [3.8, 4) is 0 Å². The van der Waals surface area contributed by atoms with Crippen molar-refractivity contribution < 1.29 is 4.74 Å². The maximum atomic E-state index is 5.71. The molecular formula is C27H29NO. The lowest BCUT2D eigenvalue weighted by molar-refractivity contribution is 0.152. The maximum absolute atomic E-state index is 5.71. The van der Waals surface area contributed by atoms with Crippen LogP contribution in [0.25, 0.3) is 5.57 Å². The minimum absolute atomic E-state index is 0.129. The monoisotopic (exact) mass is 383 g/mol. The number of benzene rings is 3. The first kappa shape index (κ1) is 19.6. The number of fused-ring (bicyclic) bond motifs is 1. The zero-order valence-electron chi connectivity index (χ0n) is 17.3. The van der Waals surface area contributed by atoms with Crippen LogP contribution in [-0.4, -0.2) is 27.3 Å². The van der Waals surface area contributed by atoms with E-state index in [1.807, 2.05) is 7.05 Å². The third-order valence-corrected chi connectivity index (χ3v) is 5.83. The van der Waals surface area contributed by atoms with Gasteiger partial charge >= 0.3 is 0 Å². The van der Waals surface area contributed by atoms with Crippen LogP contribution < -0.4 is 5.32 Å². The quantitative estimate of drug-likeness (QED) is 0.590. The molecule has 1 aliphatic carbocycles. The lowest BCUT2D eigenvalue weighted by atomic mass is 9.81. The van der Waals surface area contributed by atoms with Gasteiger partial charge in [-0.05, 0) is 53.3 Å². The first-order valence-corrected chi connectivity index (χ1v) is 10.3. The SMILES string of the molecule is CNCC1(COC)C=C(Cc2ccccc2)c2c(Cc3ccccc3)cccc21. The van der Waals surface area contributed by atoms with Crippen LogP contribution in [0.1, 0.15) is 27.8 Å². The topological polar surface area (TPSA) is 21.3 Å². The number of rotatable bonds is 8. The zero-order valence-corrected chi connectivity index (χ0v) is 17.3. The van der Waals surface area contributed by atoms with Gasteiger partial charge in [-0.3, -0.25) is 0 Å². The Balaban J connectivity index is 1.81. The van der Waals surface area contributed by atoms with Crippen molar-refractivity contribution in [3.05, 3.63) is 113 Å². The summed E-state index contributed by atoms with van der Waals surface area (Å²) in [5, 5.41) is 3.41. The molecule has 0 radical (unpaired) electrons. The van der Waals surface area contributed by atoms with Gasteiger partial charge in [0.25, 0.3) is 0 Å². The molecule has 0 fully saturated rings. The molecule has 29 heavy (non-hydrogen) atoms. The Kier molecular flexibility index (Phi) is 5.94. The molecule has 1 aliphatic rings. The highest BCUT2D eigenvalue weighted by atomic mass is 16.5. The van der Waals surface area contributed by atoms with Crippen LogP contribution in [0.15, 0.2) is 84.9 Å². The number of hydrogen-bond acceptors (Lipinski definition) is 2. The molecule has 2 nitrogen and oxygen atoms in total. The molecular weight excluding hydrogens is 354 g/mol. The van der Waals surface area contributed by atoms with E-state index >= 15 is 0 Å². The number of allylic oxidation sites excluding steroid dienone is 1. The van der Waals surface area contributed by atoms with Crippen molar-refractivity contribution >= 4 is 5.57 Å². The van der Waals surface area contributed by atoms with E-state index in [-0.39, 0.29) is 5.41 Å². The number of hydrogen-bond donors (Lipinski definition) is 1. The van der Waals surface area contributed by atoms with Crippen LogP contribution >= 0.6 is 0 Å². The zero-order chi connectivity index (χ0) is 20.1. The third kappa shape index (κ3) is 4.05. The van der Waals surface area contributed by atoms with Crippen LogP contribution in [0.5, 0.6) is 0 Å². The molecule has 0 heterocycles. The summed E-state index contributed by atoms with van der Waals surface area (Å²) in [4.78, 5) is 0. The maximum Gasteiger partial charge on any atom is 0.0606 e. The van der Waals surface area contributed by atoms with Gasteiger partial charge in [0.1, 0.15) is 0 Å². The van der Waals surface area contributed by atoms with Gasteiger partial charge in [-0.1, -0.05) is 84.9 Å². The average molecular weight is 384 g/mol. The molecule has 0 saturated heterocycles. The van der Waals surface area contributed by atoms with E-state index in [1.165, 1.54) is 33.4 Å². The highest BCUT2D eigenvalue weighted by Crippen LogP contribution is 2.44. The largest absolute Gasteiger partial charge is 0.383 e. The molecule has 1 unspecified atom stereocenters. The molecule has 0 bridgehead atoms. The average Bonchev–Trinajstić information content (AvgIpc) is 3.04. The molecule has 4 rings (SSSR count). The van der Waals surface area contributed by atoms with Crippen molar-refractivity contribution in [2.24, 2.45) is 0 Å². The summed E-state index contributed by atoms with van der Waals surface area (Å²) in [6.45, 7) is 1.54. The highest BCUT2D eigenvalue weighted by molar-refractivity contribution is 5.80. The minimum Gasteiger partial charge on any atom is -0.383 e. The number of nitrogens with one attached hydrogen (secondary N) is 1. The normalized spacial score (nSPS) is 17.8. The van der Waals surface area contributed by atoms with Gasteiger partial charge in [0.15, 0.2) is 0 Å². The van der Waals surface area contributed by atoms with Crippen LogP contribution in [0.4, 0.5) is 0 Å². The fourth-order valence-corrected chi connectivity index (χ4v) is 4.69. The van der Waals surface area contributed by atoms with Crippen molar-refractivity contribution in [2.45, 2.75) is 18.3 Å². The minimum atomic E-state index is -0.129. The lowest BCUT2D eigenvalue weighted by Gasteiger charge is -2.28. The van der Waals surface area contributed by atoms with Crippen LogP contribution in [0.3, 0.4) is 0 Å². The second-order valence-electron chi connectivity index (χ2n) is 7.95. The van der Waals surface area contributed by atoms with E-state index in [2.05, 4.69) is 90.3 Å². The summed E-state index contributed by atoms with van der Waals surface area (Å²) in [7, 11) is 3.82. The highest BCUT2D eigenvalue weighted by Gasteiger charge is 2.38. The fraction of sp³-hybridized carbons (Fsp3) is 0.259. The summed E-state index contributed by atoms with van der Waals surface area (Å²) in [5.74, 6) is 0. The molecule has 0 saturated carbocycles. The standard InChI is InChI=1S/C27H29NO/c1-28-19-27(20-29-2)18-24(17-22-12-7-4-8-13-22)26-23(14-9-15-25(26)27)16-21-10-5-3-6-11-21/h3-15,18,28H,16-17,19-20H2,1-2H3. The van der Waals surface area contributed by atoms with Gasteiger partial charge in [0.2, 0.25) is 0 Å². The van der Waals surface area contributed by atoms with Crippen molar-refractivity contribution in [1.29, 1.82) is 0 Å². The second-order valence-corrected chi connectivity index (χ2v) is 7.95. The Morgan fingerprint density at radius 3 is 2.07 bits per heavy atom. The Hall–Kier alpha value is -2.68. The number of ether oxygens (including phenoxy) is 1. The van der Waals surface area contributed by atoms with E-state index in [9.17, 15) is 0 Å². The second kappa shape index (κ2) is 8.77. The summed E-state index contributed by atoms with van der Waals surface area (Å²) in [6, 6.07) is 28.3. The Labute approximate surface area is 174 Å². The van der Waals surface area contributed by atoms with Gasteiger partial charge < -0.3 is 10.1 Å². The van der Waals surface area contributed by atoms with E-state index in [1.54, 1.807) is 7.11 Å².